The summed E-state index contributed by atoms with van der Waals surface area (Å²) in [4.78, 5) is 29.9. The van der Waals surface area contributed by atoms with Crippen LogP contribution >= 0.6 is 11.3 Å². The van der Waals surface area contributed by atoms with Crippen LogP contribution in [-0.4, -0.2) is 28.8 Å². The highest BCUT2D eigenvalue weighted by Gasteiger charge is 2.50. The molecule has 1 aliphatic rings. The van der Waals surface area contributed by atoms with Crippen LogP contribution in [0.1, 0.15) is 66.2 Å². The van der Waals surface area contributed by atoms with Crippen LogP contribution in [0.4, 0.5) is 10.1 Å². The molecule has 9 heteroatoms. The van der Waals surface area contributed by atoms with E-state index < -0.39 is 23.0 Å². The zero-order chi connectivity index (χ0) is 22.1. The summed E-state index contributed by atoms with van der Waals surface area (Å²) >= 11 is 1.47. The number of primary amides is 1. The number of thiazole rings is 1. The number of rotatable bonds is 7. The zero-order valence-electron chi connectivity index (χ0n) is 17.2. The first-order chi connectivity index (χ1) is 14.2. The van der Waals surface area contributed by atoms with Crippen LogP contribution in [0.3, 0.4) is 0 Å². The lowest BCUT2D eigenvalue weighted by molar-refractivity contribution is -0.123. The van der Waals surface area contributed by atoms with Crippen LogP contribution in [-0.2, 0) is 11.2 Å². The molecule has 0 saturated carbocycles. The molecule has 0 fully saturated rings. The van der Waals surface area contributed by atoms with Gasteiger partial charge in [-0.05, 0) is 37.0 Å². The maximum atomic E-state index is 15.0. The summed E-state index contributed by atoms with van der Waals surface area (Å²) in [5.41, 5.74) is 8.62. The molecule has 0 radical (unpaired) electrons. The Balaban J connectivity index is 2.03. The molecule has 3 N–H and O–H groups in total. The molecule has 2 aromatic rings. The number of amides is 1. The monoisotopic (exact) mass is 429 g/mol. The van der Waals surface area contributed by atoms with Crippen molar-refractivity contribution in [3.05, 3.63) is 45.2 Å². The van der Waals surface area contributed by atoms with Crippen LogP contribution in [0.5, 0.6) is 0 Å². The molecule has 1 amide bonds. The van der Waals surface area contributed by atoms with E-state index in [0.717, 1.165) is 16.8 Å². The lowest BCUT2D eigenvalue weighted by Crippen LogP contribution is -2.68. The number of fused-ring (bicyclic) bond motifs is 1. The number of carbonyl (C=O) groups is 2. The standard InChI is InChI=1S/C21H24FN5O2S/c1-4-27-17-8-13(9-18-25-16(11-30-18)12(2)3)15(22)10-14(17)19(28)21(26-27,20(24)29)6-5-7-23/h8,10-12,26H,4-6,9H2,1-3H3,(H2,24,29). The van der Waals surface area contributed by atoms with Crippen LogP contribution in [0.2, 0.25) is 0 Å². The minimum Gasteiger partial charge on any atom is -0.368 e. The number of nitrogens with two attached hydrogens (primary N) is 1. The van der Waals surface area contributed by atoms with Crippen molar-refractivity contribution < 1.29 is 14.0 Å². The van der Waals surface area contributed by atoms with E-state index in [-0.39, 0.29) is 24.3 Å². The highest BCUT2D eigenvalue weighted by Crippen LogP contribution is 2.35. The summed E-state index contributed by atoms with van der Waals surface area (Å²) in [5, 5.41) is 13.3. The Morgan fingerprint density at radius 2 is 2.20 bits per heavy atom. The summed E-state index contributed by atoms with van der Waals surface area (Å²) < 4.78 is 15.0. The summed E-state index contributed by atoms with van der Waals surface area (Å²) in [6.07, 6.45) is 0.170. The zero-order valence-corrected chi connectivity index (χ0v) is 18.0. The molecule has 1 aromatic heterocycles. The summed E-state index contributed by atoms with van der Waals surface area (Å²) in [6.45, 7) is 6.33. The number of benzene rings is 1. The summed E-state index contributed by atoms with van der Waals surface area (Å²) in [5.74, 6) is -1.76. The Morgan fingerprint density at radius 3 is 2.77 bits per heavy atom. The van der Waals surface area contributed by atoms with Gasteiger partial charge >= 0.3 is 0 Å². The van der Waals surface area contributed by atoms with Crippen molar-refractivity contribution in [2.24, 2.45) is 5.73 Å². The predicted octanol–water partition coefficient (Wildman–Crippen LogP) is 3.05. The Bertz CT molecular complexity index is 1030. The van der Waals surface area contributed by atoms with Crippen molar-refractivity contribution in [3.63, 3.8) is 0 Å². The van der Waals surface area contributed by atoms with E-state index in [2.05, 4.69) is 10.4 Å². The summed E-state index contributed by atoms with van der Waals surface area (Å²) in [7, 11) is 0. The maximum absolute atomic E-state index is 15.0. The molecule has 0 spiro atoms. The third kappa shape index (κ3) is 3.80. The van der Waals surface area contributed by atoms with Crippen LogP contribution in [0.15, 0.2) is 17.5 Å². The van der Waals surface area contributed by atoms with Crippen LogP contribution < -0.4 is 16.2 Å². The molecule has 1 atom stereocenters. The van der Waals surface area contributed by atoms with E-state index in [0.29, 0.717) is 24.2 Å². The van der Waals surface area contributed by atoms with Gasteiger partial charge in [0, 0.05) is 30.3 Å². The molecule has 158 valence electrons. The van der Waals surface area contributed by atoms with Gasteiger partial charge in [0.1, 0.15) is 5.82 Å². The van der Waals surface area contributed by atoms with Gasteiger partial charge in [-0.2, -0.15) is 5.26 Å². The SMILES string of the molecule is CCN1NC(CCC#N)(C(N)=O)C(=O)c2cc(F)c(Cc3nc(C(C)C)cs3)cc21. The van der Waals surface area contributed by atoms with Gasteiger partial charge in [0.05, 0.1) is 22.5 Å². The second-order valence-corrected chi connectivity index (χ2v) is 8.51. The fourth-order valence-corrected chi connectivity index (χ4v) is 4.48. The number of halogens is 1. The van der Waals surface area contributed by atoms with Gasteiger partial charge in [0.25, 0.3) is 0 Å². The number of hydrazine groups is 1. The van der Waals surface area contributed by atoms with Gasteiger partial charge in [-0.15, -0.1) is 11.3 Å². The molecule has 3 rings (SSSR count). The molecule has 2 heterocycles. The molecule has 30 heavy (non-hydrogen) atoms. The molecule has 1 unspecified atom stereocenters. The van der Waals surface area contributed by atoms with E-state index in [1.165, 1.54) is 11.3 Å². The number of hydrogen-bond donors (Lipinski definition) is 2. The van der Waals surface area contributed by atoms with E-state index in [1.54, 1.807) is 11.1 Å². The number of aromatic nitrogens is 1. The van der Waals surface area contributed by atoms with E-state index in [9.17, 15) is 14.0 Å². The lowest BCUT2D eigenvalue weighted by Gasteiger charge is -2.42. The van der Waals surface area contributed by atoms with Crippen molar-refractivity contribution in [2.45, 2.75) is 51.5 Å². The summed E-state index contributed by atoms with van der Waals surface area (Å²) in [6, 6.07) is 4.71. The third-order valence-electron chi connectivity index (χ3n) is 5.26. The normalized spacial score (nSPS) is 18.4. The minimum absolute atomic E-state index is 0.0443. The number of carbonyl (C=O) groups excluding carboxylic acids is 2. The number of nitrogens with one attached hydrogen (secondary N) is 1. The second kappa shape index (κ2) is 8.50. The van der Waals surface area contributed by atoms with Crippen molar-refractivity contribution in [3.8, 4) is 6.07 Å². The van der Waals surface area contributed by atoms with E-state index in [4.69, 9.17) is 11.0 Å². The van der Waals surface area contributed by atoms with Crippen molar-refractivity contribution in [1.29, 1.82) is 5.26 Å². The second-order valence-electron chi connectivity index (χ2n) is 7.57. The molecule has 0 saturated heterocycles. The van der Waals surface area contributed by atoms with E-state index >= 15 is 0 Å². The Hall–Kier alpha value is -2.83. The van der Waals surface area contributed by atoms with Gasteiger partial charge < -0.3 is 10.7 Å². The lowest BCUT2D eigenvalue weighted by atomic mass is 9.82. The number of anilines is 1. The largest absolute Gasteiger partial charge is 0.368 e. The molecular formula is C21H24FN5O2S. The van der Waals surface area contributed by atoms with Crippen LogP contribution in [0, 0.1) is 17.1 Å². The number of ketones is 1. The van der Waals surface area contributed by atoms with Crippen molar-refractivity contribution in [1.82, 2.24) is 10.4 Å². The number of nitriles is 1. The first-order valence-corrected chi connectivity index (χ1v) is 10.6. The molecule has 7 nitrogen and oxygen atoms in total. The number of hydrogen-bond acceptors (Lipinski definition) is 7. The average molecular weight is 430 g/mol. The fourth-order valence-electron chi connectivity index (χ4n) is 3.50. The van der Waals surface area contributed by atoms with Gasteiger partial charge in [-0.1, -0.05) is 13.8 Å². The number of Topliss-reactive ketones (excluding diaryl/α,β-unsaturated/α-hetero) is 1. The molecule has 1 aromatic carbocycles. The van der Waals surface area contributed by atoms with Gasteiger partial charge in [0.2, 0.25) is 5.91 Å². The average Bonchev–Trinajstić information content (AvgIpc) is 3.18. The molecule has 0 aliphatic carbocycles. The predicted molar refractivity (Wildman–Crippen MR) is 113 cm³/mol. The first kappa shape index (κ1) is 21.9. The smallest absolute Gasteiger partial charge is 0.247 e. The van der Waals surface area contributed by atoms with Crippen molar-refractivity contribution in [2.75, 3.05) is 11.6 Å². The topological polar surface area (TPSA) is 112 Å². The van der Waals surface area contributed by atoms with Crippen LogP contribution in [0.25, 0.3) is 0 Å². The Morgan fingerprint density at radius 1 is 1.47 bits per heavy atom. The van der Waals surface area contributed by atoms with Gasteiger partial charge in [0.15, 0.2) is 11.3 Å². The first-order valence-electron chi connectivity index (χ1n) is 9.77. The minimum atomic E-state index is -1.77. The Kier molecular flexibility index (Phi) is 6.19. The Labute approximate surface area is 178 Å². The highest BCUT2D eigenvalue weighted by molar-refractivity contribution is 7.09. The van der Waals surface area contributed by atoms with Gasteiger partial charge in [-0.25, -0.2) is 14.8 Å². The number of nitrogens with zero attached hydrogens (tertiary/aromatic N) is 3. The fraction of sp³-hybridized carbons (Fsp3) is 0.429. The van der Waals surface area contributed by atoms with Gasteiger partial charge in [-0.3, -0.25) is 9.59 Å². The van der Waals surface area contributed by atoms with E-state index in [1.807, 2.05) is 32.2 Å². The third-order valence-corrected chi connectivity index (χ3v) is 6.13. The van der Waals surface area contributed by atoms with Crippen molar-refractivity contribution >= 4 is 28.7 Å². The quantitative estimate of drug-likeness (QED) is 0.654. The molecule has 0 bridgehead atoms. The molecule has 1 aliphatic heterocycles. The highest BCUT2D eigenvalue weighted by atomic mass is 32.1. The molecular weight excluding hydrogens is 405 g/mol. The maximum Gasteiger partial charge on any atom is 0.247 e.